The number of hydrogen-bond acceptors (Lipinski definition) is 1. The van der Waals surface area contributed by atoms with Crippen molar-refractivity contribution in [2.45, 2.75) is 53.0 Å². The van der Waals surface area contributed by atoms with E-state index in [1.165, 1.54) is 33.4 Å². The quantitative estimate of drug-likeness (QED) is 0.803. The molecule has 126 valence electrons. The standard InChI is InChI=1S/C22H27NO/c1-15-13-16(2)20(17(3)14-15)9-10-22(24)23-12-11-19-7-5-6-8-21(19)18(23)4/h5-8,13-14,18H,9-12H2,1-4H3. The maximum atomic E-state index is 12.8. The lowest BCUT2D eigenvalue weighted by Crippen LogP contribution is -2.38. The fraction of sp³-hybridized carbons (Fsp3) is 0.409. The molecular weight excluding hydrogens is 294 g/mol. The lowest BCUT2D eigenvalue weighted by molar-refractivity contribution is -0.133. The lowest BCUT2D eigenvalue weighted by atomic mass is 9.92. The summed E-state index contributed by atoms with van der Waals surface area (Å²) in [5.74, 6) is 0.274. The topological polar surface area (TPSA) is 20.3 Å². The van der Waals surface area contributed by atoms with Gasteiger partial charge in [0.1, 0.15) is 0 Å². The Morgan fingerprint density at radius 2 is 1.79 bits per heavy atom. The van der Waals surface area contributed by atoms with Gasteiger partial charge in [-0.3, -0.25) is 4.79 Å². The van der Waals surface area contributed by atoms with Crippen LogP contribution in [0.5, 0.6) is 0 Å². The highest BCUT2D eigenvalue weighted by Gasteiger charge is 2.26. The fourth-order valence-corrected chi connectivity index (χ4v) is 4.09. The first-order valence-corrected chi connectivity index (χ1v) is 8.91. The van der Waals surface area contributed by atoms with E-state index in [2.05, 4.69) is 69.0 Å². The molecule has 0 saturated heterocycles. The molecule has 1 amide bonds. The van der Waals surface area contributed by atoms with Gasteiger partial charge < -0.3 is 4.90 Å². The van der Waals surface area contributed by atoms with Crippen molar-refractivity contribution in [1.29, 1.82) is 0 Å². The van der Waals surface area contributed by atoms with Gasteiger partial charge in [0.05, 0.1) is 6.04 Å². The van der Waals surface area contributed by atoms with Crippen LogP contribution in [0.15, 0.2) is 36.4 Å². The minimum absolute atomic E-state index is 0.183. The summed E-state index contributed by atoms with van der Waals surface area (Å²) in [6.07, 6.45) is 2.40. The summed E-state index contributed by atoms with van der Waals surface area (Å²) in [7, 11) is 0. The van der Waals surface area contributed by atoms with Crippen molar-refractivity contribution in [2.24, 2.45) is 0 Å². The maximum absolute atomic E-state index is 12.8. The second-order valence-corrected chi connectivity index (χ2v) is 7.09. The summed E-state index contributed by atoms with van der Waals surface area (Å²) >= 11 is 0. The Kier molecular flexibility index (Phi) is 4.75. The monoisotopic (exact) mass is 321 g/mol. The van der Waals surface area contributed by atoms with Gasteiger partial charge in [-0.15, -0.1) is 0 Å². The normalized spacial score (nSPS) is 16.8. The first-order valence-electron chi connectivity index (χ1n) is 8.91. The zero-order valence-electron chi connectivity index (χ0n) is 15.2. The molecule has 24 heavy (non-hydrogen) atoms. The highest BCUT2D eigenvalue weighted by Crippen LogP contribution is 2.30. The number of carbonyl (C=O) groups excluding carboxylic acids is 1. The summed E-state index contributed by atoms with van der Waals surface area (Å²) in [4.78, 5) is 14.9. The second-order valence-electron chi connectivity index (χ2n) is 7.09. The molecule has 1 aliphatic heterocycles. The predicted molar refractivity (Wildman–Crippen MR) is 99.2 cm³/mol. The average molecular weight is 321 g/mol. The van der Waals surface area contributed by atoms with Gasteiger partial charge in [0.15, 0.2) is 0 Å². The number of nitrogens with zero attached hydrogens (tertiary/aromatic N) is 1. The van der Waals surface area contributed by atoms with Gasteiger partial charge in [0.25, 0.3) is 0 Å². The zero-order chi connectivity index (χ0) is 17.3. The van der Waals surface area contributed by atoms with Gasteiger partial charge in [-0.1, -0.05) is 42.0 Å². The van der Waals surface area contributed by atoms with E-state index >= 15 is 0 Å². The summed E-state index contributed by atoms with van der Waals surface area (Å²) in [5.41, 5.74) is 7.93. The highest BCUT2D eigenvalue weighted by atomic mass is 16.2. The number of rotatable bonds is 3. The van der Waals surface area contributed by atoms with E-state index < -0.39 is 0 Å². The average Bonchev–Trinajstić information content (AvgIpc) is 2.54. The second kappa shape index (κ2) is 6.80. The van der Waals surface area contributed by atoms with Crippen LogP contribution >= 0.6 is 0 Å². The molecule has 2 aromatic carbocycles. The smallest absolute Gasteiger partial charge is 0.223 e. The summed E-state index contributed by atoms with van der Waals surface area (Å²) in [6, 6.07) is 13.1. The molecule has 0 aromatic heterocycles. The molecule has 0 aliphatic carbocycles. The van der Waals surface area contributed by atoms with Crippen molar-refractivity contribution in [3.05, 3.63) is 69.8 Å². The van der Waals surface area contributed by atoms with E-state index in [4.69, 9.17) is 0 Å². The zero-order valence-corrected chi connectivity index (χ0v) is 15.2. The third-order valence-electron chi connectivity index (χ3n) is 5.34. The molecular formula is C22H27NO. The van der Waals surface area contributed by atoms with Gasteiger partial charge in [0, 0.05) is 13.0 Å². The van der Waals surface area contributed by atoms with E-state index in [-0.39, 0.29) is 11.9 Å². The number of fused-ring (bicyclic) bond motifs is 1. The molecule has 1 aliphatic rings. The van der Waals surface area contributed by atoms with Gasteiger partial charge >= 0.3 is 0 Å². The van der Waals surface area contributed by atoms with Crippen molar-refractivity contribution in [2.75, 3.05) is 6.54 Å². The summed E-state index contributed by atoms with van der Waals surface area (Å²) in [6.45, 7) is 9.42. The van der Waals surface area contributed by atoms with E-state index in [1.54, 1.807) is 0 Å². The predicted octanol–water partition coefficient (Wildman–Crippen LogP) is 4.69. The van der Waals surface area contributed by atoms with Crippen molar-refractivity contribution in [3.63, 3.8) is 0 Å². The third-order valence-corrected chi connectivity index (χ3v) is 5.34. The molecule has 1 heterocycles. The van der Waals surface area contributed by atoms with Crippen molar-refractivity contribution in [1.82, 2.24) is 4.90 Å². The SMILES string of the molecule is Cc1cc(C)c(CCC(=O)N2CCc3ccccc3C2C)c(C)c1. The van der Waals surface area contributed by atoms with E-state index in [1.807, 2.05) is 0 Å². The van der Waals surface area contributed by atoms with Crippen molar-refractivity contribution in [3.8, 4) is 0 Å². The van der Waals surface area contributed by atoms with Crippen LogP contribution in [0, 0.1) is 20.8 Å². The fourth-order valence-electron chi connectivity index (χ4n) is 4.09. The minimum atomic E-state index is 0.183. The van der Waals surface area contributed by atoms with Crippen LogP contribution in [-0.4, -0.2) is 17.4 Å². The number of benzene rings is 2. The van der Waals surface area contributed by atoms with Crippen LogP contribution in [0.2, 0.25) is 0 Å². The number of hydrogen-bond donors (Lipinski definition) is 0. The first kappa shape index (κ1) is 16.8. The molecule has 2 heteroatoms. The van der Waals surface area contributed by atoms with Crippen LogP contribution in [0.1, 0.15) is 52.8 Å². The Morgan fingerprint density at radius 1 is 1.12 bits per heavy atom. The van der Waals surface area contributed by atoms with Gasteiger partial charge in [-0.05, 0) is 68.4 Å². The Labute approximate surface area is 145 Å². The minimum Gasteiger partial charge on any atom is -0.336 e. The number of amides is 1. The molecule has 2 aromatic rings. The van der Waals surface area contributed by atoms with Crippen LogP contribution in [0.25, 0.3) is 0 Å². The van der Waals surface area contributed by atoms with Crippen LogP contribution < -0.4 is 0 Å². The largest absolute Gasteiger partial charge is 0.336 e. The van der Waals surface area contributed by atoms with E-state index in [0.717, 1.165) is 19.4 Å². The Balaban J connectivity index is 1.71. The molecule has 0 spiro atoms. The van der Waals surface area contributed by atoms with Crippen LogP contribution in [-0.2, 0) is 17.6 Å². The first-order chi connectivity index (χ1) is 11.5. The van der Waals surface area contributed by atoms with Gasteiger partial charge in [-0.2, -0.15) is 0 Å². The Bertz CT molecular complexity index is 739. The molecule has 3 rings (SSSR count). The molecule has 0 fully saturated rings. The van der Waals surface area contributed by atoms with Crippen LogP contribution in [0.3, 0.4) is 0 Å². The van der Waals surface area contributed by atoms with Gasteiger partial charge in [-0.25, -0.2) is 0 Å². The number of carbonyl (C=O) groups is 1. The van der Waals surface area contributed by atoms with Crippen LogP contribution in [0.4, 0.5) is 0 Å². The molecule has 0 N–H and O–H groups in total. The van der Waals surface area contributed by atoms with E-state index in [9.17, 15) is 4.79 Å². The van der Waals surface area contributed by atoms with Gasteiger partial charge in [0.2, 0.25) is 5.91 Å². The summed E-state index contributed by atoms with van der Waals surface area (Å²) < 4.78 is 0. The molecule has 2 nitrogen and oxygen atoms in total. The van der Waals surface area contributed by atoms with Crippen molar-refractivity contribution < 1.29 is 4.79 Å². The molecule has 0 radical (unpaired) electrons. The van der Waals surface area contributed by atoms with Crippen molar-refractivity contribution >= 4 is 5.91 Å². The summed E-state index contributed by atoms with van der Waals surface area (Å²) in [5, 5.41) is 0. The van der Waals surface area contributed by atoms with E-state index in [0.29, 0.717) is 6.42 Å². The third kappa shape index (κ3) is 3.24. The molecule has 0 saturated carbocycles. The highest BCUT2D eigenvalue weighted by molar-refractivity contribution is 5.77. The molecule has 0 bridgehead atoms. The Morgan fingerprint density at radius 3 is 2.50 bits per heavy atom. The maximum Gasteiger partial charge on any atom is 0.223 e. The lowest BCUT2D eigenvalue weighted by Gasteiger charge is -2.35. The number of aryl methyl sites for hydroxylation is 3. The Hall–Kier alpha value is -2.09. The molecule has 1 atom stereocenters. The molecule has 1 unspecified atom stereocenters.